The quantitative estimate of drug-likeness (QED) is 0.650. The Morgan fingerprint density at radius 2 is 1.75 bits per heavy atom. The summed E-state index contributed by atoms with van der Waals surface area (Å²) in [5.74, 6) is 0. The summed E-state index contributed by atoms with van der Waals surface area (Å²) in [6, 6.07) is 9.06. The highest BCUT2D eigenvalue weighted by Crippen LogP contribution is 2.26. The Hall–Kier alpha value is -0.820. The molecule has 0 radical (unpaired) electrons. The Balaban J connectivity index is 2.50. The number of hydrogen-bond acceptors (Lipinski definition) is 1. The van der Waals surface area contributed by atoms with Crippen LogP contribution in [0.15, 0.2) is 24.3 Å². The Morgan fingerprint density at radius 1 is 1.05 bits per heavy atom. The van der Waals surface area contributed by atoms with Crippen molar-refractivity contribution in [2.75, 3.05) is 13.2 Å². The third-order valence-electron chi connectivity index (χ3n) is 3.81. The topological polar surface area (TPSA) is 9.23 Å². The SMILES string of the molecule is CCOCC(C)(C)CCCc1cccc(C(C)(C)C)c1. The molecule has 1 aromatic rings. The lowest BCUT2D eigenvalue weighted by atomic mass is 9.84. The minimum atomic E-state index is 0.240. The van der Waals surface area contributed by atoms with Gasteiger partial charge in [0.1, 0.15) is 0 Å². The molecule has 1 rings (SSSR count). The summed E-state index contributed by atoms with van der Waals surface area (Å²) < 4.78 is 5.56. The molecule has 0 aliphatic rings. The molecule has 0 aliphatic carbocycles. The zero-order valence-corrected chi connectivity index (χ0v) is 14.3. The van der Waals surface area contributed by atoms with Gasteiger partial charge in [0, 0.05) is 6.61 Å². The molecule has 1 heteroatoms. The molecule has 1 nitrogen and oxygen atoms in total. The molecule has 0 bridgehead atoms. The van der Waals surface area contributed by atoms with E-state index >= 15 is 0 Å². The maximum Gasteiger partial charge on any atom is 0.0516 e. The Morgan fingerprint density at radius 3 is 2.35 bits per heavy atom. The van der Waals surface area contributed by atoms with Crippen LogP contribution >= 0.6 is 0 Å². The van der Waals surface area contributed by atoms with Crippen LogP contribution in [0, 0.1) is 5.41 Å². The van der Waals surface area contributed by atoms with Gasteiger partial charge in [-0.15, -0.1) is 0 Å². The van der Waals surface area contributed by atoms with E-state index in [1.165, 1.54) is 30.4 Å². The van der Waals surface area contributed by atoms with E-state index < -0.39 is 0 Å². The fourth-order valence-corrected chi connectivity index (χ4v) is 2.41. The third-order valence-corrected chi connectivity index (χ3v) is 3.81. The van der Waals surface area contributed by atoms with Crippen LogP contribution in [0.2, 0.25) is 0 Å². The van der Waals surface area contributed by atoms with E-state index in [4.69, 9.17) is 4.74 Å². The molecular weight excluding hydrogens is 244 g/mol. The standard InChI is InChI=1S/C19H32O/c1-7-20-15-19(5,6)13-9-11-16-10-8-12-17(14-16)18(2,3)4/h8,10,12,14H,7,9,11,13,15H2,1-6H3. The molecule has 0 spiro atoms. The molecule has 0 aliphatic heterocycles. The van der Waals surface area contributed by atoms with Crippen molar-refractivity contribution in [2.45, 2.75) is 66.2 Å². The smallest absolute Gasteiger partial charge is 0.0516 e. The van der Waals surface area contributed by atoms with Crippen LogP contribution < -0.4 is 0 Å². The largest absolute Gasteiger partial charge is 0.381 e. The Labute approximate surface area is 125 Å². The van der Waals surface area contributed by atoms with Crippen molar-refractivity contribution in [3.8, 4) is 0 Å². The maximum atomic E-state index is 5.56. The van der Waals surface area contributed by atoms with Gasteiger partial charge in [-0.3, -0.25) is 0 Å². The van der Waals surface area contributed by atoms with E-state index in [2.05, 4.69) is 65.8 Å². The van der Waals surface area contributed by atoms with Crippen LogP contribution in [0.3, 0.4) is 0 Å². The molecule has 0 atom stereocenters. The number of rotatable bonds is 7. The molecule has 0 saturated heterocycles. The lowest BCUT2D eigenvalue weighted by molar-refractivity contribution is 0.0650. The van der Waals surface area contributed by atoms with Gasteiger partial charge in [0.25, 0.3) is 0 Å². The number of aryl methyl sites for hydroxylation is 1. The van der Waals surface area contributed by atoms with Crippen molar-refractivity contribution in [1.29, 1.82) is 0 Å². The van der Waals surface area contributed by atoms with Gasteiger partial charge in [0.05, 0.1) is 6.61 Å². The third kappa shape index (κ3) is 6.09. The minimum Gasteiger partial charge on any atom is -0.381 e. The molecule has 0 N–H and O–H groups in total. The average Bonchev–Trinajstić information content (AvgIpc) is 2.36. The summed E-state index contributed by atoms with van der Waals surface area (Å²) in [5, 5.41) is 0. The monoisotopic (exact) mass is 276 g/mol. The van der Waals surface area contributed by atoms with Crippen molar-refractivity contribution in [3.05, 3.63) is 35.4 Å². The van der Waals surface area contributed by atoms with Gasteiger partial charge in [0.2, 0.25) is 0 Å². The summed E-state index contributed by atoms with van der Waals surface area (Å²) in [5.41, 5.74) is 3.43. The zero-order valence-electron chi connectivity index (χ0n) is 14.3. The zero-order chi connectivity index (χ0) is 15.2. The van der Waals surface area contributed by atoms with E-state index in [1.807, 2.05) is 0 Å². The second-order valence-electron chi connectivity index (χ2n) is 7.61. The Kier molecular flexibility index (Phi) is 6.26. The highest BCUT2D eigenvalue weighted by atomic mass is 16.5. The molecule has 114 valence electrons. The van der Waals surface area contributed by atoms with Gasteiger partial charge >= 0.3 is 0 Å². The van der Waals surface area contributed by atoms with E-state index in [1.54, 1.807) is 0 Å². The van der Waals surface area contributed by atoms with Crippen LogP contribution in [0.5, 0.6) is 0 Å². The highest BCUT2D eigenvalue weighted by Gasteiger charge is 2.18. The summed E-state index contributed by atoms with van der Waals surface area (Å²) >= 11 is 0. The highest BCUT2D eigenvalue weighted by molar-refractivity contribution is 5.28. The lowest BCUT2D eigenvalue weighted by Gasteiger charge is -2.24. The van der Waals surface area contributed by atoms with E-state index in [-0.39, 0.29) is 10.8 Å². The Bertz CT molecular complexity index is 398. The van der Waals surface area contributed by atoms with Crippen molar-refractivity contribution in [1.82, 2.24) is 0 Å². The van der Waals surface area contributed by atoms with Gasteiger partial charge in [-0.2, -0.15) is 0 Å². The summed E-state index contributed by atoms with van der Waals surface area (Å²) in [7, 11) is 0. The average molecular weight is 276 g/mol. The van der Waals surface area contributed by atoms with Crippen LogP contribution in [-0.4, -0.2) is 13.2 Å². The van der Waals surface area contributed by atoms with Gasteiger partial charge in [0.15, 0.2) is 0 Å². The van der Waals surface area contributed by atoms with Crippen LogP contribution in [-0.2, 0) is 16.6 Å². The first kappa shape index (κ1) is 17.2. The number of ether oxygens (including phenoxy) is 1. The van der Waals surface area contributed by atoms with Gasteiger partial charge < -0.3 is 4.74 Å². The van der Waals surface area contributed by atoms with Gasteiger partial charge in [-0.05, 0) is 48.1 Å². The molecule has 1 aromatic carbocycles. The fraction of sp³-hybridized carbons (Fsp3) is 0.684. The lowest BCUT2D eigenvalue weighted by Crippen LogP contribution is -2.19. The van der Waals surface area contributed by atoms with Crippen molar-refractivity contribution >= 4 is 0 Å². The summed E-state index contributed by atoms with van der Waals surface area (Å²) in [6.07, 6.45) is 3.61. The molecule has 0 amide bonds. The predicted molar refractivity (Wildman–Crippen MR) is 88.4 cm³/mol. The molecule has 0 aromatic heterocycles. The molecule has 0 saturated carbocycles. The van der Waals surface area contributed by atoms with E-state index in [0.29, 0.717) is 0 Å². The minimum absolute atomic E-state index is 0.240. The first-order chi connectivity index (χ1) is 9.24. The maximum absolute atomic E-state index is 5.56. The van der Waals surface area contributed by atoms with Crippen molar-refractivity contribution < 1.29 is 4.74 Å². The first-order valence-corrected chi connectivity index (χ1v) is 7.92. The van der Waals surface area contributed by atoms with Crippen LogP contribution in [0.25, 0.3) is 0 Å². The number of hydrogen-bond donors (Lipinski definition) is 0. The van der Waals surface area contributed by atoms with Crippen LogP contribution in [0.4, 0.5) is 0 Å². The van der Waals surface area contributed by atoms with Crippen LogP contribution in [0.1, 0.15) is 65.5 Å². The van der Waals surface area contributed by atoms with Gasteiger partial charge in [-0.25, -0.2) is 0 Å². The van der Waals surface area contributed by atoms with Crippen molar-refractivity contribution in [3.63, 3.8) is 0 Å². The molecule has 0 unspecified atom stereocenters. The molecule has 0 fully saturated rings. The molecule has 0 heterocycles. The fourth-order valence-electron chi connectivity index (χ4n) is 2.41. The predicted octanol–water partition coefficient (Wildman–Crippen LogP) is 5.37. The second kappa shape index (κ2) is 7.26. The second-order valence-corrected chi connectivity index (χ2v) is 7.61. The summed E-state index contributed by atoms with van der Waals surface area (Å²) in [4.78, 5) is 0. The van der Waals surface area contributed by atoms with E-state index in [0.717, 1.165) is 13.2 Å². The summed E-state index contributed by atoms with van der Waals surface area (Å²) in [6.45, 7) is 15.2. The molecular formula is C19H32O. The molecule has 20 heavy (non-hydrogen) atoms. The normalized spacial score (nSPS) is 12.7. The van der Waals surface area contributed by atoms with E-state index in [9.17, 15) is 0 Å². The van der Waals surface area contributed by atoms with Gasteiger partial charge in [-0.1, -0.05) is 58.9 Å². The first-order valence-electron chi connectivity index (χ1n) is 7.92. The van der Waals surface area contributed by atoms with Crippen molar-refractivity contribution in [2.24, 2.45) is 5.41 Å². The number of benzene rings is 1.